The molecule has 0 aliphatic carbocycles. The number of carbonyl (C=O) groups is 1. The van der Waals surface area contributed by atoms with Gasteiger partial charge in [0.1, 0.15) is 6.29 Å². The van der Waals surface area contributed by atoms with Gasteiger partial charge in [0.25, 0.3) is 0 Å². The topological polar surface area (TPSA) is 26.3 Å². The van der Waals surface area contributed by atoms with Gasteiger partial charge in [-0.1, -0.05) is 44.9 Å². The number of halogens is 17. The summed E-state index contributed by atoms with van der Waals surface area (Å²) >= 11 is 0. The minimum Gasteiger partial charge on any atom is -0.316 e. The Morgan fingerprint density at radius 2 is 0.805 bits per heavy atom. The normalized spacial score (nSPS) is 15.0. The lowest BCUT2D eigenvalue weighted by Gasteiger charge is -2.42. The average molecular weight is 646 g/mol. The highest BCUT2D eigenvalue weighted by molar-refractivity contribution is 5.48. The van der Waals surface area contributed by atoms with E-state index in [-0.39, 0.29) is 12.8 Å². The molecule has 0 radical (unpaired) electrons. The van der Waals surface area contributed by atoms with Crippen LogP contribution in [0.25, 0.3) is 0 Å². The molecular weight excluding hydrogens is 619 g/mol. The summed E-state index contributed by atoms with van der Waals surface area (Å²) in [6.07, 6.45) is -14.0. The smallest absolute Gasteiger partial charge is 0.316 e. The van der Waals surface area contributed by atoms with Gasteiger partial charge in [0.2, 0.25) is 0 Å². The third-order valence-corrected chi connectivity index (χ3v) is 5.87. The Kier molecular flexibility index (Phi) is 13.7. The third kappa shape index (κ3) is 9.21. The Labute approximate surface area is 222 Å². The molecule has 0 saturated carbocycles. The minimum atomic E-state index is -8.37. The minimum absolute atomic E-state index is 0.0450. The number of carbonyl (C=O) groups excluding carboxylic acids is 1. The van der Waals surface area contributed by atoms with Crippen molar-refractivity contribution in [2.75, 3.05) is 6.61 Å². The van der Waals surface area contributed by atoms with E-state index >= 15 is 0 Å². The number of aldehydes is 1. The summed E-state index contributed by atoms with van der Waals surface area (Å²) in [5.74, 6) is -47.2. The molecule has 19 heteroatoms. The highest BCUT2D eigenvalue weighted by Gasteiger charge is 2.93. The van der Waals surface area contributed by atoms with Crippen molar-refractivity contribution in [3.63, 3.8) is 0 Å². The Hall–Kier alpha value is -1.56. The molecule has 0 unspecified atom stereocenters. The number of hydrogen-bond acceptors (Lipinski definition) is 2. The van der Waals surface area contributed by atoms with Gasteiger partial charge in [-0.15, -0.1) is 0 Å². The Balaban J connectivity index is 5.37. The van der Waals surface area contributed by atoms with Crippen LogP contribution >= 0.6 is 0 Å². The van der Waals surface area contributed by atoms with E-state index in [0.717, 1.165) is 25.5 Å². The molecule has 0 aromatic heterocycles. The van der Waals surface area contributed by atoms with Crippen molar-refractivity contribution in [1.82, 2.24) is 0 Å². The van der Waals surface area contributed by atoms with E-state index in [1.165, 1.54) is 0 Å². The zero-order valence-corrected chi connectivity index (χ0v) is 21.0. The summed E-state index contributed by atoms with van der Waals surface area (Å²) in [4.78, 5) is 10.1. The highest BCUT2D eigenvalue weighted by Crippen LogP contribution is 2.62. The molecule has 0 fully saturated rings. The molecule has 0 aliphatic rings. The van der Waals surface area contributed by atoms with Crippen molar-refractivity contribution in [3.8, 4) is 0 Å². The first-order valence-corrected chi connectivity index (χ1v) is 12.1. The SMILES string of the molecule is O=CCCCCCCCCCCCOC(F)(F)C(F)(F)C(F)(F)C(F)(F)C(F)(F)C(F)(F)C(F)(F)CCC(F)(F)F. The molecule has 0 amide bonds. The molecule has 0 saturated heterocycles. The van der Waals surface area contributed by atoms with E-state index in [1.807, 2.05) is 0 Å². The summed E-state index contributed by atoms with van der Waals surface area (Å²) in [5.41, 5.74) is 0. The van der Waals surface area contributed by atoms with Gasteiger partial charge in [-0.05, 0) is 12.8 Å². The van der Waals surface area contributed by atoms with Gasteiger partial charge in [-0.25, -0.2) is 0 Å². The van der Waals surface area contributed by atoms with Gasteiger partial charge in [0.05, 0.1) is 6.61 Å². The molecule has 0 rings (SSSR count). The van der Waals surface area contributed by atoms with Crippen LogP contribution in [0.3, 0.4) is 0 Å². The Morgan fingerprint density at radius 3 is 1.22 bits per heavy atom. The summed E-state index contributed by atoms with van der Waals surface area (Å²) in [7, 11) is 0. The first kappa shape index (κ1) is 39.4. The molecular formula is C22H27F17O2. The fraction of sp³-hybridized carbons (Fsp3) is 0.955. The van der Waals surface area contributed by atoms with Crippen molar-refractivity contribution in [2.24, 2.45) is 0 Å². The average Bonchev–Trinajstić information content (AvgIpc) is 2.82. The third-order valence-electron chi connectivity index (χ3n) is 5.87. The lowest BCUT2D eigenvalue weighted by molar-refractivity contribution is -0.466. The first-order chi connectivity index (χ1) is 18.3. The van der Waals surface area contributed by atoms with Crippen molar-refractivity contribution in [1.29, 1.82) is 0 Å². The van der Waals surface area contributed by atoms with Crippen molar-refractivity contribution < 1.29 is 84.2 Å². The number of alkyl halides is 17. The molecule has 0 bridgehead atoms. The van der Waals surface area contributed by atoms with Crippen LogP contribution in [0.5, 0.6) is 0 Å². The molecule has 0 spiro atoms. The zero-order valence-electron chi connectivity index (χ0n) is 21.0. The molecule has 41 heavy (non-hydrogen) atoms. The molecule has 0 heterocycles. The van der Waals surface area contributed by atoms with Crippen molar-refractivity contribution in [3.05, 3.63) is 0 Å². The number of ether oxygens (including phenoxy) is 1. The van der Waals surface area contributed by atoms with Crippen LogP contribution in [0.2, 0.25) is 0 Å². The summed E-state index contributed by atoms with van der Waals surface area (Å²) < 4.78 is 231. The zero-order chi connectivity index (χ0) is 32.6. The molecule has 0 atom stereocenters. The van der Waals surface area contributed by atoms with Crippen LogP contribution in [0.15, 0.2) is 0 Å². The van der Waals surface area contributed by atoms with Crippen LogP contribution < -0.4 is 0 Å². The van der Waals surface area contributed by atoms with Crippen LogP contribution in [-0.2, 0) is 9.53 Å². The van der Waals surface area contributed by atoms with Gasteiger partial charge in [-0.2, -0.15) is 74.6 Å². The molecule has 2 nitrogen and oxygen atoms in total. The summed E-state index contributed by atoms with van der Waals surface area (Å²) in [5, 5.41) is 0. The van der Waals surface area contributed by atoms with E-state index in [0.29, 0.717) is 25.7 Å². The number of hydrogen-bond donors (Lipinski definition) is 0. The molecule has 0 aromatic rings. The van der Waals surface area contributed by atoms with Gasteiger partial charge in [-0.3, -0.25) is 0 Å². The number of rotatable bonds is 21. The second-order valence-electron chi connectivity index (χ2n) is 9.19. The highest BCUT2D eigenvalue weighted by atomic mass is 19.4. The Morgan fingerprint density at radius 1 is 0.439 bits per heavy atom. The summed E-state index contributed by atoms with van der Waals surface area (Å²) in [6, 6.07) is 0. The monoisotopic (exact) mass is 646 g/mol. The van der Waals surface area contributed by atoms with Gasteiger partial charge < -0.3 is 9.53 Å². The second kappa shape index (κ2) is 14.3. The van der Waals surface area contributed by atoms with Crippen LogP contribution in [0.1, 0.15) is 77.0 Å². The molecule has 0 aliphatic heterocycles. The largest absolute Gasteiger partial charge is 0.426 e. The maximum Gasteiger partial charge on any atom is 0.426 e. The van der Waals surface area contributed by atoms with Crippen LogP contribution in [0.4, 0.5) is 74.6 Å². The van der Waals surface area contributed by atoms with E-state index in [9.17, 15) is 79.4 Å². The predicted octanol–water partition coefficient (Wildman–Crippen LogP) is 9.85. The standard InChI is InChI=1S/C22H27F17O2/c23-15(24,11-12-16(25,26)27)17(28,29)18(30,31)19(32,33)20(34,35)21(36,37)22(38,39)41-14-10-8-6-4-2-1-3-5-7-9-13-40/h13H,1-12,14H2. The van der Waals surface area contributed by atoms with Crippen LogP contribution in [0, 0.1) is 0 Å². The van der Waals surface area contributed by atoms with E-state index in [2.05, 4.69) is 4.74 Å². The summed E-state index contributed by atoms with van der Waals surface area (Å²) in [6.45, 7) is -1.53. The lowest BCUT2D eigenvalue weighted by atomic mass is 9.89. The maximum atomic E-state index is 13.8. The number of unbranched alkanes of at least 4 members (excludes halogenated alkanes) is 9. The van der Waals surface area contributed by atoms with Gasteiger partial charge >= 0.3 is 47.8 Å². The van der Waals surface area contributed by atoms with Crippen molar-refractivity contribution >= 4 is 6.29 Å². The fourth-order valence-electron chi connectivity index (χ4n) is 3.32. The van der Waals surface area contributed by atoms with Gasteiger partial charge in [0, 0.05) is 19.3 Å². The molecule has 0 N–H and O–H groups in total. The molecule has 0 aromatic carbocycles. The lowest BCUT2D eigenvalue weighted by Crippen LogP contribution is -2.73. The fourth-order valence-corrected chi connectivity index (χ4v) is 3.32. The quantitative estimate of drug-likeness (QED) is 0.0705. The maximum absolute atomic E-state index is 13.8. The first-order valence-electron chi connectivity index (χ1n) is 12.1. The van der Waals surface area contributed by atoms with E-state index < -0.39 is 73.7 Å². The van der Waals surface area contributed by atoms with Crippen molar-refractivity contribution in [2.45, 2.75) is 125 Å². The Bertz CT molecular complexity index is 793. The predicted molar refractivity (Wildman–Crippen MR) is 108 cm³/mol. The second-order valence-corrected chi connectivity index (χ2v) is 9.19. The molecule has 246 valence electrons. The van der Waals surface area contributed by atoms with E-state index in [4.69, 9.17) is 0 Å². The van der Waals surface area contributed by atoms with Gasteiger partial charge in [0.15, 0.2) is 0 Å². The van der Waals surface area contributed by atoms with Crippen LogP contribution in [-0.4, -0.2) is 60.7 Å². The van der Waals surface area contributed by atoms with E-state index in [1.54, 1.807) is 0 Å².